The normalized spacial score (nSPS) is 10.7. The van der Waals surface area contributed by atoms with E-state index in [9.17, 15) is 4.79 Å². The maximum atomic E-state index is 10.7. The van der Waals surface area contributed by atoms with Gasteiger partial charge in [0.05, 0.1) is 0 Å². The van der Waals surface area contributed by atoms with Crippen LogP contribution >= 0.6 is 0 Å². The minimum Gasteiger partial charge on any atom is -0.327 e. The Morgan fingerprint density at radius 2 is 2.17 bits per heavy atom. The van der Waals surface area contributed by atoms with Crippen LogP contribution in [-0.4, -0.2) is 5.91 Å². The van der Waals surface area contributed by atoms with Gasteiger partial charge in [0, 0.05) is 12.6 Å². The third kappa shape index (κ3) is 3.76. The molecule has 0 saturated carbocycles. The summed E-state index contributed by atoms with van der Waals surface area (Å²) in [6, 6.07) is 0. The Labute approximate surface area is 73.7 Å². The van der Waals surface area contributed by atoms with Gasteiger partial charge in [-0.1, -0.05) is 32.2 Å². The van der Waals surface area contributed by atoms with E-state index in [4.69, 9.17) is 0 Å². The van der Waals surface area contributed by atoms with E-state index in [2.05, 4.69) is 18.5 Å². The number of carbonyl (C=O) groups is 1. The molecule has 0 heterocycles. The highest BCUT2D eigenvalue weighted by Crippen LogP contribution is 2.08. The fraction of sp³-hybridized carbons (Fsp3) is 0.300. The predicted molar refractivity (Wildman–Crippen MR) is 51.5 cm³/mol. The Morgan fingerprint density at radius 3 is 2.50 bits per heavy atom. The minimum absolute atomic E-state index is 0.0941. The maximum absolute atomic E-state index is 10.7. The van der Waals surface area contributed by atoms with Crippen molar-refractivity contribution in [1.82, 2.24) is 5.32 Å². The SMILES string of the molecule is C=C/C=C(/CC)C(=C)NC(C)=O. The molecule has 12 heavy (non-hydrogen) atoms. The van der Waals surface area contributed by atoms with E-state index in [1.807, 2.05) is 13.0 Å². The van der Waals surface area contributed by atoms with E-state index < -0.39 is 0 Å². The first kappa shape index (κ1) is 10.7. The smallest absolute Gasteiger partial charge is 0.221 e. The third-order valence-corrected chi connectivity index (χ3v) is 1.41. The quantitative estimate of drug-likeness (QED) is 0.635. The van der Waals surface area contributed by atoms with Gasteiger partial charge in [-0.25, -0.2) is 0 Å². The molecule has 0 fully saturated rings. The number of rotatable bonds is 4. The van der Waals surface area contributed by atoms with Crippen molar-refractivity contribution in [3.8, 4) is 0 Å². The molecule has 0 spiro atoms. The summed E-state index contributed by atoms with van der Waals surface area (Å²) in [5.41, 5.74) is 1.66. The summed E-state index contributed by atoms with van der Waals surface area (Å²) in [6.07, 6.45) is 4.37. The average molecular weight is 165 g/mol. The lowest BCUT2D eigenvalue weighted by Gasteiger charge is -2.07. The lowest BCUT2D eigenvalue weighted by Crippen LogP contribution is -2.19. The van der Waals surface area contributed by atoms with Gasteiger partial charge in [0.15, 0.2) is 0 Å². The maximum Gasteiger partial charge on any atom is 0.221 e. The highest BCUT2D eigenvalue weighted by atomic mass is 16.1. The zero-order valence-electron chi connectivity index (χ0n) is 7.68. The molecular weight excluding hydrogens is 150 g/mol. The van der Waals surface area contributed by atoms with Crippen molar-refractivity contribution in [1.29, 1.82) is 0 Å². The summed E-state index contributed by atoms with van der Waals surface area (Å²) in [5.74, 6) is -0.0941. The molecular formula is C10H15NO. The molecule has 1 amide bonds. The number of nitrogens with one attached hydrogen (secondary N) is 1. The molecule has 0 rings (SSSR count). The molecule has 0 aliphatic heterocycles. The van der Waals surface area contributed by atoms with Crippen LogP contribution in [0.4, 0.5) is 0 Å². The lowest BCUT2D eigenvalue weighted by atomic mass is 10.1. The van der Waals surface area contributed by atoms with Crippen LogP contribution in [-0.2, 0) is 4.79 Å². The molecule has 0 aromatic heterocycles. The Kier molecular flexibility index (Phi) is 4.77. The largest absolute Gasteiger partial charge is 0.327 e. The van der Waals surface area contributed by atoms with E-state index in [1.54, 1.807) is 6.08 Å². The lowest BCUT2D eigenvalue weighted by molar-refractivity contribution is -0.118. The summed E-state index contributed by atoms with van der Waals surface area (Å²) >= 11 is 0. The first-order valence-corrected chi connectivity index (χ1v) is 3.90. The Morgan fingerprint density at radius 1 is 1.58 bits per heavy atom. The van der Waals surface area contributed by atoms with Gasteiger partial charge in [-0.15, -0.1) is 0 Å². The molecule has 0 aromatic rings. The molecule has 0 radical (unpaired) electrons. The molecule has 0 saturated heterocycles. The first-order valence-electron chi connectivity index (χ1n) is 3.90. The van der Waals surface area contributed by atoms with Crippen LogP contribution in [0.2, 0.25) is 0 Å². The highest BCUT2D eigenvalue weighted by molar-refractivity contribution is 5.75. The van der Waals surface area contributed by atoms with E-state index in [0.29, 0.717) is 5.70 Å². The van der Waals surface area contributed by atoms with Gasteiger partial charge in [-0.3, -0.25) is 4.79 Å². The molecule has 1 N–H and O–H groups in total. The Hall–Kier alpha value is -1.31. The van der Waals surface area contributed by atoms with Gasteiger partial charge in [0.1, 0.15) is 0 Å². The summed E-state index contributed by atoms with van der Waals surface area (Å²) in [5, 5.41) is 2.63. The zero-order chi connectivity index (χ0) is 9.56. The zero-order valence-corrected chi connectivity index (χ0v) is 7.68. The van der Waals surface area contributed by atoms with Gasteiger partial charge in [0.25, 0.3) is 0 Å². The van der Waals surface area contributed by atoms with Crippen molar-refractivity contribution in [2.24, 2.45) is 0 Å². The van der Waals surface area contributed by atoms with Crippen molar-refractivity contribution in [3.63, 3.8) is 0 Å². The first-order chi connectivity index (χ1) is 5.61. The van der Waals surface area contributed by atoms with E-state index >= 15 is 0 Å². The summed E-state index contributed by atoms with van der Waals surface area (Å²) in [6.45, 7) is 10.8. The van der Waals surface area contributed by atoms with Crippen molar-refractivity contribution >= 4 is 5.91 Å². The third-order valence-electron chi connectivity index (χ3n) is 1.41. The molecule has 0 bridgehead atoms. The van der Waals surface area contributed by atoms with Crippen molar-refractivity contribution in [2.45, 2.75) is 20.3 Å². The van der Waals surface area contributed by atoms with Crippen molar-refractivity contribution in [2.75, 3.05) is 0 Å². The van der Waals surface area contributed by atoms with Crippen molar-refractivity contribution < 1.29 is 4.79 Å². The fourth-order valence-electron chi connectivity index (χ4n) is 0.867. The van der Waals surface area contributed by atoms with Crippen LogP contribution in [0.15, 0.2) is 36.6 Å². The van der Waals surface area contributed by atoms with Gasteiger partial charge in [0.2, 0.25) is 5.91 Å². The second kappa shape index (κ2) is 5.35. The Balaban J connectivity index is 4.32. The topological polar surface area (TPSA) is 29.1 Å². The number of amides is 1. The van der Waals surface area contributed by atoms with Crippen LogP contribution in [0.3, 0.4) is 0 Å². The van der Waals surface area contributed by atoms with Gasteiger partial charge in [-0.2, -0.15) is 0 Å². The van der Waals surface area contributed by atoms with Crippen LogP contribution < -0.4 is 5.32 Å². The molecule has 66 valence electrons. The van der Waals surface area contributed by atoms with E-state index in [0.717, 1.165) is 12.0 Å². The standard InChI is InChI=1S/C10H15NO/c1-5-7-10(6-2)8(3)11-9(4)12/h5,7H,1,3,6H2,2,4H3,(H,11,12)/b10-7-. The summed E-state index contributed by atoms with van der Waals surface area (Å²) in [4.78, 5) is 10.7. The fourth-order valence-corrected chi connectivity index (χ4v) is 0.867. The number of carbonyl (C=O) groups excluding carboxylic acids is 1. The van der Waals surface area contributed by atoms with E-state index in [-0.39, 0.29) is 5.91 Å². The average Bonchev–Trinajstić information content (AvgIpc) is 1.98. The highest BCUT2D eigenvalue weighted by Gasteiger charge is 2.00. The van der Waals surface area contributed by atoms with Gasteiger partial charge in [-0.05, 0) is 12.0 Å². The summed E-state index contributed by atoms with van der Waals surface area (Å²) < 4.78 is 0. The molecule has 0 aromatic carbocycles. The molecule has 0 atom stereocenters. The molecule has 0 aliphatic carbocycles. The van der Waals surface area contributed by atoms with Crippen LogP contribution in [0.25, 0.3) is 0 Å². The Bertz CT molecular complexity index is 226. The predicted octanol–water partition coefficient (Wildman–Crippen LogP) is 2.16. The van der Waals surface area contributed by atoms with Crippen LogP contribution in [0, 0.1) is 0 Å². The molecule has 2 nitrogen and oxygen atoms in total. The molecule has 2 heteroatoms. The van der Waals surface area contributed by atoms with Crippen LogP contribution in [0.5, 0.6) is 0 Å². The van der Waals surface area contributed by atoms with Crippen LogP contribution in [0.1, 0.15) is 20.3 Å². The number of allylic oxidation sites excluding steroid dienone is 3. The second-order valence-electron chi connectivity index (χ2n) is 2.44. The minimum atomic E-state index is -0.0941. The molecule has 0 unspecified atom stereocenters. The van der Waals surface area contributed by atoms with Gasteiger partial charge < -0.3 is 5.32 Å². The monoisotopic (exact) mass is 165 g/mol. The van der Waals surface area contributed by atoms with Gasteiger partial charge >= 0.3 is 0 Å². The van der Waals surface area contributed by atoms with Crippen molar-refractivity contribution in [3.05, 3.63) is 36.6 Å². The summed E-state index contributed by atoms with van der Waals surface area (Å²) in [7, 11) is 0. The second-order valence-corrected chi connectivity index (χ2v) is 2.44. The number of hydrogen-bond acceptors (Lipinski definition) is 1. The van der Waals surface area contributed by atoms with E-state index in [1.165, 1.54) is 6.92 Å². The molecule has 0 aliphatic rings. The number of hydrogen-bond donors (Lipinski definition) is 1.